The number of hydrogen-bond acceptors (Lipinski definition) is 8. The summed E-state index contributed by atoms with van der Waals surface area (Å²) in [5.74, 6) is -0.328. The number of pyridine rings is 1. The lowest BCUT2D eigenvalue weighted by Gasteiger charge is -2.20. The molecule has 3 aromatic rings. The van der Waals surface area contributed by atoms with Crippen LogP contribution in [0.3, 0.4) is 0 Å². The highest BCUT2D eigenvalue weighted by Crippen LogP contribution is 2.36. The lowest BCUT2D eigenvalue weighted by Crippen LogP contribution is -2.29. The highest BCUT2D eigenvalue weighted by molar-refractivity contribution is 7.90. The molecule has 2 N–H and O–H groups in total. The number of nitrogens with one attached hydrogen (secondary N) is 2. The fraction of sp³-hybridized carbons (Fsp3) is 0.417. The molecule has 0 aliphatic heterocycles. The van der Waals surface area contributed by atoms with Crippen LogP contribution in [0.2, 0.25) is 0 Å². The van der Waals surface area contributed by atoms with Crippen LogP contribution in [0.15, 0.2) is 41.3 Å². The maximum absolute atomic E-state index is 13.4. The molecule has 1 aliphatic rings. The number of amides is 2. The molecule has 1 atom stereocenters. The van der Waals surface area contributed by atoms with Crippen molar-refractivity contribution in [1.82, 2.24) is 14.7 Å². The zero-order valence-corrected chi connectivity index (χ0v) is 21.2. The number of hydrogen-bond donors (Lipinski definition) is 2. The lowest BCUT2D eigenvalue weighted by atomic mass is 9.87. The molecule has 0 bridgehead atoms. The topological polar surface area (TPSA) is 127 Å². The van der Waals surface area contributed by atoms with E-state index in [9.17, 15) is 18.0 Å². The third-order valence-electron chi connectivity index (χ3n) is 6.19. The third-order valence-corrected chi connectivity index (χ3v) is 8.46. The number of anilines is 1. The molecule has 0 spiro atoms. The molecular formula is C24H28N4O5S2. The van der Waals surface area contributed by atoms with E-state index in [-0.39, 0.29) is 17.2 Å². The predicted molar refractivity (Wildman–Crippen MR) is 134 cm³/mol. The molecule has 1 fully saturated rings. The monoisotopic (exact) mass is 516 g/mol. The predicted octanol–water partition coefficient (Wildman–Crippen LogP) is 4.22. The number of rotatable bonds is 9. The molecular weight excluding hydrogens is 488 g/mol. The molecule has 1 saturated carbocycles. The number of aromatic nitrogens is 2. The van der Waals surface area contributed by atoms with E-state index in [1.165, 1.54) is 23.5 Å². The number of ether oxygens (including phenoxy) is 1. The number of sulfonamides is 1. The first-order valence-electron chi connectivity index (χ1n) is 11.6. The number of nitrogens with zero attached hydrogens (tertiary/aromatic N) is 2. The number of methoxy groups -OCH3 is 1. The third kappa shape index (κ3) is 5.96. The maximum atomic E-state index is 13.4. The summed E-state index contributed by atoms with van der Waals surface area (Å²) in [5, 5.41) is 3.38. The van der Waals surface area contributed by atoms with Gasteiger partial charge in [0.05, 0.1) is 17.9 Å². The Hall–Kier alpha value is -3.05. The lowest BCUT2D eigenvalue weighted by molar-refractivity contribution is -0.119. The van der Waals surface area contributed by atoms with Crippen LogP contribution in [-0.2, 0) is 19.6 Å². The van der Waals surface area contributed by atoms with Crippen molar-refractivity contribution in [3.63, 3.8) is 0 Å². The Kier molecular flexibility index (Phi) is 7.66. The Balaban J connectivity index is 1.57. The van der Waals surface area contributed by atoms with Gasteiger partial charge < -0.3 is 10.1 Å². The van der Waals surface area contributed by atoms with Crippen molar-refractivity contribution in [2.75, 3.05) is 12.4 Å². The van der Waals surface area contributed by atoms with Gasteiger partial charge in [-0.05, 0) is 36.1 Å². The number of carbonyl (C=O) groups excluding carboxylic acids is 2. The minimum Gasteiger partial charge on any atom is -0.481 e. The van der Waals surface area contributed by atoms with Crippen LogP contribution >= 0.6 is 11.3 Å². The summed E-state index contributed by atoms with van der Waals surface area (Å²) in [7, 11) is -2.41. The molecule has 4 rings (SSSR count). The molecule has 1 aliphatic carbocycles. The minimum absolute atomic E-state index is 0.0192. The minimum atomic E-state index is -3.95. The zero-order chi connectivity index (χ0) is 25.0. The Labute approximate surface area is 208 Å². The first-order valence-corrected chi connectivity index (χ1v) is 13.9. The van der Waals surface area contributed by atoms with Gasteiger partial charge in [-0.25, -0.2) is 23.1 Å². The van der Waals surface area contributed by atoms with Crippen molar-refractivity contribution in [3.05, 3.63) is 42.0 Å². The van der Waals surface area contributed by atoms with E-state index in [4.69, 9.17) is 4.74 Å². The quantitative estimate of drug-likeness (QED) is 0.436. The summed E-state index contributed by atoms with van der Waals surface area (Å²) in [5.41, 5.74) is 1.39. The van der Waals surface area contributed by atoms with Crippen molar-refractivity contribution >= 4 is 48.7 Å². The van der Waals surface area contributed by atoms with Gasteiger partial charge >= 0.3 is 0 Å². The van der Waals surface area contributed by atoms with Gasteiger partial charge in [0.25, 0.3) is 10.0 Å². The van der Waals surface area contributed by atoms with Gasteiger partial charge in [-0.3, -0.25) is 9.59 Å². The summed E-state index contributed by atoms with van der Waals surface area (Å²) < 4.78 is 32.1. The van der Waals surface area contributed by atoms with Crippen LogP contribution in [0.4, 0.5) is 5.13 Å². The van der Waals surface area contributed by atoms with Crippen LogP contribution in [0, 0.1) is 5.92 Å². The molecule has 186 valence electrons. The van der Waals surface area contributed by atoms with Crippen LogP contribution in [0.1, 0.15) is 56.9 Å². The zero-order valence-electron chi connectivity index (χ0n) is 19.6. The molecule has 0 radical (unpaired) electrons. The van der Waals surface area contributed by atoms with E-state index in [1.807, 2.05) is 4.72 Å². The summed E-state index contributed by atoms with van der Waals surface area (Å²) >= 11 is 1.27. The summed E-state index contributed by atoms with van der Waals surface area (Å²) in [6.45, 7) is 1.58. The standard InChI is InChI=1S/C24H28N4O5S2/c1-3-20(29)28-35(31,32)17-10-8-16(9-11-17)18(14-15-6-4-5-7-15)22(30)27-24-25-19-12-13-21(33-2)26-23(19)34-24/h8-13,15,18H,3-7,14H2,1-2H3,(H,28,29)(H,25,27,30). The second kappa shape index (κ2) is 10.7. The van der Waals surface area contributed by atoms with Gasteiger partial charge in [-0.1, -0.05) is 56.1 Å². The molecule has 1 unspecified atom stereocenters. The molecule has 35 heavy (non-hydrogen) atoms. The van der Waals surface area contributed by atoms with Crippen LogP contribution < -0.4 is 14.8 Å². The number of carbonyl (C=O) groups is 2. The van der Waals surface area contributed by atoms with Crippen molar-refractivity contribution in [3.8, 4) is 5.88 Å². The van der Waals surface area contributed by atoms with Gasteiger partial charge in [0.2, 0.25) is 17.7 Å². The average molecular weight is 517 g/mol. The van der Waals surface area contributed by atoms with Gasteiger partial charge in [-0.15, -0.1) is 0 Å². The number of benzene rings is 1. The molecule has 2 heterocycles. The highest BCUT2D eigenvalue weighted by Gasteiger charge is 2.28. The smallest absolute Gasteiger partial charge is 0.264 e. The summed E-state index contributed by atoms with van der Waals surface area (Å²) in [4.78, 5) is 34.4. The Bertz CT molecular complexity index is 1320. The number of fused-ring (bicyclic) bond motifs is 1. The first-order chi connectivity index (χ1) is 16.8. The SMILES string of the molecule is CCC(=O)NS(=O)(=O)c1ccc(C(CC2CCCC2)C(=O)Nc2nc3ccc(OC)nc3s2)cc1. The number of thiazole rings is 1. The van der Waals surface area contributed by atoms with Crippen LogP contribution in [0.5, 0.6) is 5.88 Å². The van der Waals surface area contributed by atoms with E-state index in [0.717, 1.165) is 31.2 Å². The Morgan fingerprint density at radius 1 is 1.11 bits per heavy atom. The van der Waals surface area contributed by atoms with Crippen molar-refractivity contribution < 1.29 is 22.7 Å². The van der Waals surface area contributed by atoms with Crippen LogP contribution in [-0.4, -0.2) is 37.3 Å². The van der Waals surface area contributed by atoms with E-state index in [1.54, 1.807) is 38.3 Å². The molecule has 1 aromatic carbocycles. The van der Waals surface area contributed by atoms with Gasteiger partial charge in [-0.2, -0.15) is 0 Å². The van der Waals surface area contributed by atoms with Gasteiger partial charge in [0.1, 0.15) is 10.3 Å². The second-order valence-electron chi connectivity index (χ2n) is 8.58. The fourth-order valence-corrected chi connectivity index (χ4v) is 6.18. The van der Waals surface area contributed by atoms with Crippen molar-refractivity contribution in [2.45, 2.75) is 56.3 Å². The average Bonchev–Trinajstić information content (AvgIpc) is 3.51. The second-order valence-corrected chi connectivity index (χ2v) is 11.2. The molecule has 2 amide bonds. The molecule has 11 heteroatoms. The first kappa shape index (κ1) is 25.1. The van der Waals surface area contributed by atoms with Crippen molar-refractivity contribution in [1.29, 1.82) is 0 Å². The van der Waals surface area contributed by atoms with E-state index >= 15 is 0 Å². The normalized spacial score (nSPS) is 15.1. The summed E-state index contributed by atoms with van der Waals surface area (Å²) in [6.07, 6.45) is 5.18. The van der Waals surface area contributed by atoms with E-state index in [2.05, 4.69) is 15.3 Å². The molecule has 9 nitrogen and oxygen atoms in total. The molecule has 0 saturated heterocycles. The fourth-order valence-electron chi connectivity index (χ4n) is 4.29. The Morgan fingerprint density at radius 2 is 1.83 bits per heavy atom. The largest absolute Gasteiger partial charge is 0.481 e. The highest BCUT2D eigenvalue weighted by atomic mass is 32.2. The van der Waals surface area contributed by atoms with Gasteiger partial charge in [0.15, 0.2) is 5.13 Å². The maximum Gasteiger partial charge on any atom is 0.264 e. The van der Waals surface area contributed by atoms with E-state index in [0.29, 0.717) is 33.7 Å². The van der Waals surface area contributed by atoms with Gasteiger partial charge in [0, 0.05) is 12.5 Å². The van der Waals surface area contributed by atoms with Crippen LogP contribution in [0.25, 0.3) is 10.3 Å². The van der Waals surface area contributed by atoms with Crippen molar-refractivity contribution in [2.24, 2.45) is 5.92 Å². The van der Waals surface area contributed by atoms with E-state index < -0.39 is 21.8 Å². The summed E-state index contributed by atoms with van der Waals surface area (Å²) in [6, 6.07) is 9.67. The molecule has 2 aromatic heterocycles. The Morgan fingerprint density at radius 3 is 2.49 bits per heavy atom.